The monoisotopic (exact) mass is 290 g/mol. The largest absolute Gasteiger partial charge is 0.491 e. The molecule has 21 heavy (non-hydrogen) atoms. The molecule has 0 aromatic heterocycles. The van der Waals surface area contributed by atoms with Gasteiger partial charge in [-0.1, -0.05) is 13.0 Å². The zero-order chi connectivity index (χ0) is 15.6. The van der Waals surface area contributed by atoms with Crippen molar-refractivity contribution < 1.29 is 14.3 Å². The molecule has 1 atom stereocenters. The number of carbonyl (C=O) groups is 2. The zero-order valence-electron chi connectivity index (χ0n) is 13.0. The van der Waals surface area contributed by atoms with Crippen LogP contribution in [-0.4, -0.2) is 30.0 Å². The van der Waals surface area contributed by atoms with E-state index < -0.39 is 5.54 Å². The normalized spacial score (nSPS) is 19.1. The second-order valence-corrected chi connectivity index (χ2v) is 5.90. The van der Waals surface area contributed by atoms with Crippen LogP contribution in [0.4, 0.5) is 5.69 Å². The Hall–Kier alpha value is -2.04. The Labute approximate surface area is 125 Å². The first-order valence-electron chi connectivity index (χ1n) is 7.23. The van der Waals surface area contributed by atoms with Gasteiger partial charge < -0.3 is 15.0 Å². The van der Waals surface area contributed by atoms with Gasteiger partial charge >= 0.3 is 0 Å². The SMILES string of the molecule is CCC(C)Oc1cccc(N2CC(=O)NC(C)(C)C2=O)c1. The smallest absolute Gasteiger partial charge is 0.252 e. The van der Waals surface area contributed by atoms with E-state index in [1.54, 1.807) is 19.9 Å². The first kappa shape index (κ1) is 15.4. The van der Waals surface area contributed by atoms with Gasteiger partial charge in [-0.05, 0) is 39.3 Å². The first-order valence-corrected chi connectivity index (χ1v) is 7.23. The molecule has 1 aromatic carbocycles. The minimum Gasteiger partial charge on any atom is -0.491 e. The molecular weight excluding hydrogens is 268 g/mol. The van der Waals surface area contributed by atoms with Crippen LogP contribution in [0, 0.1) is 0 Å². The van der Waals surface area contributed by atoms with E-state index in [2.05, 4.69) is 12.2 Å². The van der Waals surface area contributed by atoms with Crippen molar-refractivity contribution in [3.05, 3.63) is 24.3 Å². The van der Waals surface area contributed by atoms with Crippen molar-refractivity contribution in [1.29, 1.82) is 0 Å². The van der Waals surface area contributed by atoms with Gasteiger partial charge in [-0.25, -0.2) is 0 Å². The van der Waals surface area contributed by atoms with Crippen molar-refractivity contribution in [2.75, 3.05) is 11.4 Å². The minimum absolute atomic E-state index is 0.0368. The van der Waals surface area contributed by atoms with Crippen LogP contribution in [0.2, 0.25) is 0 Å². The predicted octanol–water partition coefficient (Wildman–Crippen LogP) is 2.11. The van der Waals surface area contributed by atoms with E-state index in [-0.39, 0.29) is 24.5 Å². The second kappa shape index (κ2) is 5.76. The number of piperazine rings is 1. The Morgan fingerprint density at radius 1 is 1.38 bits per heavy atom. The molecule has 5 heteroatoms. The summed E-state index contributed by atoms with van der Waals surface area (Å²) in [5, 5.41) is 2.70. The van der Waals surface area contributed by atoms with E-state index in [9.17, 15) is 9.59 Å². The fourth-order valence-corrected chi connectivity index (χ4v) is 2.24. The lowest BCUT2D eigenvalue weighted by atomic mass is 10.00. The predicted molar refractivity (Wildman–Crippen MR) is 81.4 cm³/mol. The second-order valence-electron chi connectivity index (χ2n) is 5.90. The number of hydrogen-bond donors (Lipinski definition) is 1. The summed E-state index contributed by atoms with van der Waals surface area (Å²) < 4.78 is 5.77. The molecule has 2 amide bonds. The topological polar surface area (TPSA) is 58.6 Å². The van der Waals surface area contributed by atoms with E-state index >= 15 is 0 Å². The van der Waals surface area contributed by atoms with Crippen molar-refractivity contribution in [2.45, 2.75) is 45.8 Å². The van der Waals surface area contributed by atoms with Crippen LogP contribution in [0.5, 0.6) is 5.75 Å². The molecule has 0 bridgehead atoms. The molecule has 1 aliphatic heterocycles. The lowest BCUT2D eigenvalue weighted by Gasteiger charge is -2.37. The zero-order valence-corrected chi connectivity index (χ0v) is 13.0. The lowest BCUT2D eigenvalue weighted by Crippen LogP contribution is -2.64. The maximum atomic E-state index is 12.5. The average Bonchev–Trinajstić information content (AvgIpc) is 2.42. The number of hydrogen-bond acceptors (Lipinski definition) is 3. The summed E-state index contributed by atoms with van der Waals surface area (Å²) in [5.74, 6) is 0.425. The molecule has 5 nitrogen and oxygen atoms in total. The maximum absolute atomic E-state index is 12.5. The number of anilines is 1. The molecule has 0 saturated carbocycles. The molecule has 2 rings (SSSR count). The third-order valence-electron chi connectivity index (χ3n) is 3.57. The molecule has 0 radical (unpaired) electrons. The third-order valence-corrected chi connectivity index (χ3v) is 3.57. The highest BCUT2D eigenvalue weighted by atomic mass is 16.5. The molecule has 1 N–H and O–H groups in total. The standard InChI is InChI=1S/C16H22N2O3/c1-5-11(2)21-13-8-6-7-12(9-13)18-10-14(19)17-16(3,4)15(18)20/h6-9,11H,5,10H2,1-4H3,(H,17,19). The summed E-state index contributed by atoms with van der Waals surface area (Å²) in [6.07, 6.45) is 1.01. The quantitative estimate of drug-likeness (QED) is 0.924. The Morgan fingerprint density at radius 3 is 2.76 bits per heavy atom. The Balaban J connectivity index is 2.26. The van der Waals surface area contributed by atoms with Crippen LogP contribution in [0.1, 0.15) is 34.1 Å². The Bertz CT molecular complexity index is 554. The van der Waals surface area contributed by atoms with Gasteiger partial charge in [0.05, 0.1) is 6.10 Å². The highest BCUT2D eigenvalue weighted by Gasteiger charge is 2.39. The summed E-state index contributed by atoms with van der Waals surface area (Å²) in [6.45, 7) is 7.50. The molecule has 1 aromatic rings. The number of nitrogens with one attached hydrogen (secondary N) is 1. The average molecular weight is 290 g/mol. The van der Waals surface area contributed by atoms with Crippen LogP contribution in [0.15, 0.2) is 24.3 Å². The summed E-state index contributed by atoms with van der Waals surface area (Å²) in [4.78, 5) is 25.7. The van der Waals surface area contributed by atoms with Gasteiger partial charge in [0.25, 0.3) is 5.91 Å². The van der Waals surface area contributed by atoms with Gasteiger partial charge in [-0.15, -0.1) is 0 Å². The van der Waals surface area contributed by atoms with E-state index in [0.29, 0.717) is 11.4 Å². The van der Waals surface area contributed by atoms with Gasteiger partial charge in [0.1, 0.15) is 17.8 Å². The molecule has 1 saturated heterocycles. The highest BCUT2D eigenvalue weighted by molar-refractivity contribution is 6.08. The van der Waals surface area contributed by atoms with Gasteiger partial charge in [0, 0.05) is 11.8 Å². The van der Waals surface area contributed by atoms with Crippen LogP contribution in [0.25, 0.3) is 0 Å². The maximum Gasteiger partial charge on any atom is 0.252 e. The lowest BCUT2D eigenvalue weighted by molar-refractivity contribution is -0.134. The fourth-order valence-electron chi connectivity index (χ4n) is 2.24. The molecule has 0 spiro atoms. The van der Waals surface area contributed by atoms with Crippen molar-refractivity contribution >= 4 is 17.5 Å². The summed E-state index contributed by atoms with van der Waals surface area (Å²) in [7, 11) is 0. The minimum atomic E-state index is -0.886. The van der Waals surface area contributed by atoms with Gasteiger partial charge in [-0.2, -0.15) is 0 Å². The molecular formula is C16H22N2O3. The van der Waals surface area contributed by atoms with Crippen molar-refractivity contribution in [1.82, 2.24) is 5.32 Å². The molecule has 0 aliphatic carbocycles. The number of nitrogens with zero attached hydrogens (tertiary/aromatic N) is 1. The highest BCUT2D eigenvalue weighted by Crippen LogP contribution is 2.26. The number of ether oxygens (including phenoxy) is 1. The van der Waals surface area contributed by atoms with Gasteiger partial charge in [0.15, 0.2) is 0 Å². The number of rotatable bonds is 4. The van der Waals surface area contributed by atoms with Crippen molar-refractivity contribution in [3.63, 3.8) is 0 Å². The van der Waals surface area contributed by atoms with Gasteiger partial charge in [0.2, 0.25) is 5.91 Å². The fraction of sp³-hybridized carbons (Fsp3) is 0.500. The van der Waals surface area contributed by atoms with E-state index in [1.807, 2.05) is 25.1 Å². The molecule has 1 unspecified atom stereocenters. The van der Waals surface area contributed by atoms with Gasteiger partial charge in [-0.3, -0.25) is 9.59 Å². The third kappa shape index (κ3) is 3.35. The van der Waals surface area contributed by atoms with Crippen molar-refractivity contribution in [3.8, 4) is 5.75 Å². The Kier molecular flexibility index (Phi) is 4.21. The van der Waals surface area contributed by atoms with E-state index in [1.165, 1.54) is 4.90 Å². The number of benzene rings is 1. The summed E-state index contributed by atoms with van der Waals surface area (Å²) in [6, 6.07) is 7.31. The molecule has 1 aliphatic rings. The van der Waals surface area contributed by atoms with Crippen LogP contribution >= 0.6 is 0 Å². The van der Waals surface area contributed by atoms with E-state index in [4.69, 9.17) is 4.74 Å². The first-order chi connectivity index (χ1) is 9.83. The number of amides is 2. The van der Waals surface area contributed by atoms with Crippen LogP contribution in [-0.2, 0) is 9.59 Å². The molecule has 1 heterocycles. The van der Waals surface area contributed by atoms with Crippen LogP contribution < -0.4 is 15.0 Å². The number of carbonyl (C=O) groups excluding carboxylic acids is 2. The molecule has 1 fully saturated rings. The van der Waals surface area contributed by atoms with E-state index in [0.717, 1.165) is 6.42 Å². The van der Waals surface area contributed by atoms with Crippen LogP contribution in [0.3, 0.4) is 0 Å². The molecule has 114 valence electrons. The summed E-state index contributed by atoms with van der Waals surface area (Å²) in [5.41, 5.74) is -0.202. The Morgan fingerprint density at radius 2 is 2.10 bits per heavy atom. The van der Waals surface area contributed by atoms with Crippen molar-refractivity contribution in [2.24, 2.45) is 0 Å². The summed E-state index contributed by atoms with van der Waals surface area (Å²) >= 11 is 0.